The van der Waals surface area contributed by atoms with Crippen molar-refractivity contribution >= 4 is 17.9 Å². The number of ether oxygens (including phenoxy) is 3. The fraction of sp³-hybridized carbons (Fsp3) is 0.800. The van der Waals surface area contributed by atoms with Crippen molar-refractivity contribution < 1.29 is 28.6 Å². The maximum Gasteiger partial charge on any atom is 0.306 e. The molecular weight excluding hydrogens is 636 g/mol. The molecule has 0 aliphatic heterocycles. The van der Waals surface area contributed by atoms with Crippen molar-refractivity contribution in [2.75, 3.05) is 13.2 Å². The largest absolute Gasteiger partial charge is 0.462 e. The molecule has 6 heteroatoms. The molecule has 0 aromatic heterocycles. The number of hydrogen-bond donors (Lipinski definition) is 0. The van der Waals surface area contributed by atoms with Crippen LogP contribution in [0.4, 0.5) is 0 Å². The summed E-state index contributed by atoms with van der Waals surface area (Å²) in [4.78, 5) is 37.5. The molecule has 0 saturated carbocycles. The molecule has 0 aliphatic rings. The second-order valence-corrected chi connectivity index (χ2v) is 14.2. The highest BCUT2D eigenvalue weighted by Gasteiger charge is 2.19. The zero-order valence-electron chi connectivity index (χ0n) is 33.6. The topological polar surface area (TPSA) is 78.9 Å². The molecule has 51 heavy (non-hydrogen) atoms. The van der Waals surface area contributed by atoms with Crippen molar-refractivity contribution in [3.63, 3.8) is 0 Å². The van der Waals surface area contributed by atoms with Gasteiger partial charge in [-0.3, -0.25) is 14.4 Å². The Balaban J connectivity index is 4.40. The van der Waals surface area contributed by atoms with Crippen molar-refractivity contribution in [2.24, 2.45) is 0 Å². The van der Waals surface area contributed by atoms with E-state index in [2.05, 4.69) is 57.2 Å². The first-order valence-corrected chi connectivity index (χ1v) is 21.5. The molecule has 296 valence electrons. The van der Waals surface area contributed by atoms with Gasteiger partial charge in [0.1, 0.15) is 13.2 Å². The van der Waals surface area contributed by atoms with Crippen LogP contribution in [0.15, 0.2) is 36.5 Å². The number of carbonyl (C=O) groups is 3. The second kappa shape index (κ2) is 40.4. The van der Waals surface area contributed by atoms with E-state index >= 15 is 0 Å². The molecule has 0 bridgehead atoms. The minimum atomic E-state index is -0.783. The van der Waals surface area contributed by atoms with E-state index in [1.807, 2.05) is 0 Å². The molecule has 0 heterocycles. The molecule has 0 rings (SSSR count). The molecule has 1 atom stereocenters. The van der Waals surface area contributed by atoms with Gasteiger partial charge in [-0.15, -0.1) is 0 Å². The Morgan fingerprint density at radius 1 is 0.412 bits per heavy atom. The lowest BCUT2D eigenvalue weighted by molar-refractivity contribution is -0.167. The standard InChI is InChI=1S/C45H80O6/c1-4-7-10-13-16-19-21-22-24-26-29-32-35-38-44(47)50-41-42(40-49-43(46)37-34-31-28-25-18-15-12-9-6-3)51-45(48)39-36-33-30-27-23-20-17-14-11-8-5-2/h9,12,18,22,24-25,42H,4-8,10-11,13-17,19-21,23,26-41H2,1-3H3/b12-9-,24-22-,25-18-. The van der Waals surface area contributed by atoms with Gasteiger partial charge in [0, 0.05) is 19.3 Å². The summed E-state index contributed by atoms with van der Waals surface area (Å²) in [5, 5.41) is 0. The van der Waals surface area contributed by atoms with Crippen LogP contribution in [0.3, 0.4) is 0 Å². The molecule has 0 N–H and O–H groups in total. The van der Waals surface area contributed by atoms with E-state index in [1.54, 1.807) is 0 Å². The summed E-state index contributed by atoms with van der Waals surface area (Å²) in [6.45, 7) is 6.44. The van der Waals surface area contributed by atoms with Crippen LogP contribution >= 0.6 is 0 Å². The number of rotatable bonds is 38. The number of carbonyl (C=O) groups excluding carboxylic acids is 3. The Bertz CT molecular complexity index is 876. The highest BCUT2D eigenvalue weighted by molar-refractivity contribution is 5.71. The zero-order chi connectivity index (χ0) is 37.3. The molecule has 0 spiro atoms. The molecule has 0 aromatic carbocycles. The van der Waals surface area contributed by atoms with Crippen LogP contribution in [0.5, 0.6) is 0 Å². The van der Waals surface area contributed by atoms with E-state index in [-0.39, 0.29) is 31.1 Å². The molecular formula is C45H80O6. The predicted molar refractivity (Wildman–Crippen MR) is 215 cm³/mol. The van der Waals surface area contributed by atoms with Crippen molar-refractivity contribution in [1.82, 2.24) is 0 Å². The lowest BCUT2D eigenvalue weighted by atomic mass is 10.1. The summed E-state index contributed by atoms with van der Waals surface area (Å²) in [5.41, 5.74) is 0. The monoisotopic (exact) mass is 717 g/mol. The van der Waals surface area contributed by atoms with Gasteiger partial charge in [0.15, 0.2) is 6.10 Å². The lowest BCUT2D eigenvalue weighted by Gasteiger charge is -2.18. The first-order valence-electron chi connectivity index (χ1n) is 21.5. The molecule has 6 nitrogen and oxygen atoms in total. The van der Waals surface area contributed by atoms with Crippen LogP contribution in [0.2, 0.25) is 0 Å². The van der Waals surface area contributed by atoms with Gasteiger partial charge in [-0.1, -0.05) is 160 Å². The van der Waals surface area contributed by atoms with Crippen molar-refractivity contribution in [1.29, 1.82) is 0 Å². The highest BCUT2D eigenvalue weighted by Crippen LogP contribution is 2.14. The smallest absolute Gasteiger partial charge is 0.306 e. The van der Waals surface area contributed by atoms with Gasteiger partial charge in [-0.05, 0) is 70.6 Å². The maximum absolute atomic E-state index is 12.6. The van der Waals surface area contributed by atoms with Gasteiger partial charge in [-0.25, -0.2) is 0 Å². The Kier molecular flexibility index (Phi) is 38.5. The Morgan fingerprint density at radius 3 is 1.25 bits per heavy atom. The van der Waals surface area contributed by atoms with E-state index in [0.29, 0.717) is 19.3 Å². The number of hydrogen-bond acceptors (Lipinski definition) is 6. The van der Waals surface area contributed by atoms with E-state index in [0.717, 1.165) is 83.5 Å². The fourth-order valence-corrected chi connectivity index (χ4v) is 5.88. The molecule has 0 aliphatic carbocycles. The Morgan fingerprint density at radius 2 is 0.765 bits per heavy atom. The molecule has 0 saturated heterocycles. The van der Waals surface area contributed by atoms with Crippen LogP contribution < -0.4 is 0 Å². The number of unbranched alkanes of at least 4 members (excludes halogenated alkanes) is 21. The Labute approximate surface area is 315 Å². The molecule has 0 amide bonds. The van der Waals surface area contributed by atoms with E-state index in [9.17, 15) is 14.4 Å². The first kappa shape index (κ1) is 48.6. The maximum atomic E-state index is 12.6. The number of esters is 3. The van der Waals surface area contributed by atoms with Crippen molar-refractivity contribution in [2.45, 2.75) is 219 Å². The average molecular weight is 717 g/mol. The predicted octanol–water partition coefficient (Wildman–Crippen LogP) is 13.4. The summed E-state index contributed by atoms with van der Waals surface area (Å²) >= 11 is 0. The van der Waals surface area contributed by atoms with Gasteiger partial charge >= 0.3 is 17.9 Å². The van der Waals surface area contributed by atoms with Crippen molar-refractivity contribution in [3.05, 3.63) is 36.5 Å². The zero-order valence-corrected chi connectivity index (χ0v) is 33.6. The van der Waals surface area contributed by atoms with Gasteiger partial charge in [0.05, 0.1) is 0 Å². The minimum absolute atomic E-state index is 0.0887. The fourth-order valence-electron chi connectivity index (χ4n) is 5.88. The van der Waals surface area contributed by atoms with Crippen molar-refractivity contribution in [3.8, 4) is 0 Å². The summed E-state index contributed by atoms with van der Waals surface area (Å²) < 4.78 is 16.6. The minimum Gasteiger partial charge on any atom is -0.462 e. The number of allylic oxidation sites excluding steroid dienone is 6. The van der Waals surface area contributed by atoms with Gasteiger partial charge in [0.2, 0.25) is 0 Å². The van der Waals surface area contributed by atoms with Gasteiger partial charge < -0.3 is 14.2 Å². The normalized spacial score (nSPS) is 12.3. The SMILES string of the molecule is CC/C=C\C/C=C\CCCCC(=O)OCC(COC(=O)CCCCC/C=C\CCCCCCCC)OC(=O)CCCCCCCCCCCCC. The van der Waals surface area contributed by atoms with Gasteiger partial charge in [0.25, 0.3) is 0 Å². The quantitative estimate of drug-likeness (QED) is 0.0274. The van der Waals surface area contributed by atoms with E-state index in [1.165, 1.54) is 89.9 Å². The van der Waals surface area contributed by atoms with E-state index in [4.69, 9.17) is 14.2 Å². The summed E-state index contributed by atoms with van der Waals surface area (Å²) in [6.07, 6.45) is 44.2. The first-order chi connectivity index (χ1) is 25.0. The average Bonchev–Trinajstić information content (AvgIpc) is 3.12. The summed E-state index contributed by atoms with van der Waals surface area (Å²) in [7, 11) is 0. The third-order valence-corrected chi connectivity index (χ3v) is 9.13. The van der Waals surface area contributed by atoms with Crippen LogP contribution in [0.25, 0.3) is 0 Å². The van der Waals surface area contributed by atoms with Crippen LogP contribution in [-0.2, 0) is 28.6 Å². The van der Waals surface area contributed by atoms with Crippen LogP contribution in [-0.4, -0.2) is 37.2 Å². The third kappa shape index (κ3) is 38.7. The molecule has 0 fully saturated rings. The van der Waals surface area contributed by atoms with Crippen LogP contribution in [0.1, 0.15) is 213 Å². The molecule has 1 unspecified atom stereocenters. The summed E-state index contributed by atoms with van der Waals surface area (Å²) in [5.74, 6) is -0.943. The molecule has 0 aromatic rings. The highest BCUT2D eigenvalue weighted by atomic mass is 16.6. The molecule has 0 radical (unpaired) electrons. The summed E-state index contributed by atoms with van der Waals surface area (Å²) in [6, 6.07) is 0. The Hall–Kier alpha value is -2.37. The van der Waals surface area contributed by atoms with E-state index < -0.39 is 6.10 Å². The van der Waals surface area contributed by atoms with Gasteiger partial charge in [-0.2, -0.15) is 0 Å². The lowest BCUT2D eigenvalue weighted by Crippen LogP contribution is -2.30. The van der Waals surface area contributed by atoms with Crippen LogP contribution in [0, 0.1) is 0 Å². The second-order valence-electron chi connectivity index (χ2n) is 14.2. The third-order valence-electron chi connectivity index (χ3n) is 9.13.